The quantitative estimate of drug-likeness (QED) is 0.680. The van der Waals surface area contributed by atoms with Crippen LogP contribution in [0.3, 0.4) is 0 Å². The minimum absolute atomic E-state index is 0.251. The number of carbonyl (C=O) groups is 1. The van der Waals surface area contributed by atoms with Gasteiger partial charge >= 0.3 is 5.97 Å². The number of nitrogens with zero attached hydrogens (tertiary/aromatic N) is 2. The maximum atomic E-state index is 10.4. The summed E-state index contributed by atoms with van der Waals surface area (Å²) in [5.41, 5.74) is 0. The molecule has 1 aliphatic rings. The minimum Gasteiger partial charge on any atom is -0.481 e. The van der Waals surface area contributed by atoms with Gasteiger partial charge in [0, 0.05) is 26.2 Å². The third-order valence-corrected chi connectivity index (χ3v) is 2.71. The normalized spacial score (nSPS) is 19.7. The Labute approximate surface area is 91.2 Å². The average Bonchev–Trinajstić information content (AvgIpc) is 2.41. The number of carboxylic acids is 1. The molecule has 1 saturated heterocycles. The van der Waals surface area contributed by atoms with Crippen LogP contribution in [0.2, 0.25) is 0 Å². The lowest BCUT2D eigenvalue weighted by Crippen LogP contribution is -2.32. The maximum absolute atomic E-state index is 10.4. The van der Waals surface area contributed by atoms with Crippen molar-refractivity contribution in [1.82, 2.24) is 9.80 Å². The van der Waals surface area contributed by atoms with E-state index in [0.29, 0.717) is 6.54 Å². The lowest BCUT2D eigenvalue weighted by atomic mass is 10.3. The summed E-state index contributed by atoms with van der Waals surface area (Å²) in [7, 11) is 0. The SMILES string of the molecule is C=CCN1CCCN(CCC(=O)O)CC1. The Morgan fingerprint density at radius 3 is 2.60 bits per heavy atom. The first kappa shape index (κ1) is 12.2. The van der Waals surface area contributed by atoms with Crippen molar-refractivity contribution in [3.63, 3.8) is 0 Å². The number of aliphatic carboxylic acids is 1. The van der Waals surface area contributed by atoms with E-state index in [1.165, 1.54) is 0 Å². The van der Waals surface area contributed by atoms with Gasteiger partial charge in [-0.05, 0) is 19.5 Å². The van der Waals surface area contributed by atoms with Crippen LogP contribution >= 0.6 is 0 Å². The van der Waals surface area contributed by atoms with E-state index in [0.717, 1.165) is 39.1 Å². The third kappa shape index (κ3) is 4.95. The van der Waals surface area contributed by atoms with Gasteiger partial charge in [0.25, 0.3) is 0 Å². The summed E-state index contributed by atoms with van der Waals surface area (Å²) >= 11 is 0. The zero-order chi connectivity index (χ0) is 11.1. The highest BCUT2D eigenvalue weighted by atomic mass is 16.4. The number of rotatable bonds is 5. The van der Waals surface area contributed by atoms with Crippen molar-refractivity contribution in [2.45, 2.75) is 12.8 Å². The van der Waals surface area contributed by atoms with Gasteiger partial charge in [0.2, 0.25) is 0 Å². The molecular weight excluding hydrogens is 192 g/mol. The van der Waals surface area contributed by atoms with Crippen LogP contribution in [0.25, 0.3) is 0 Å². The summed E-state index contributed by atoms with van der Waals surface area (Å²) in [5.74, 6) is -0.706. The molecule has 15 heavy (non-hydrogen) atoms. The number of hydrogen-bond donors (Lipinski definition) is 1. The number of hydrogen-bond acceptors (Lipinski definition) is 3. The zero-order valence-electron chi connectivity index (χ0n) is 9.19. The van der Waals surface area contributed by atoms with Crippen LogP contribution < -0.4 is 0 Å². The van der Waals surface area contributed by atoms with E-state index in [1.807, 2.05) is 6.08 Å². The summed E-state index contributed by atoms with van der Waals surface area (Å²) in [6.45, 7) is 9.45. The molecule has 1 N–H and O–H groups in total. The predicted molar refractivity (Wildman–Crippen MR) is 59.9 cm³/mol. The predicted octanol–water partition coefficient (Wildman–Crippen LogP) is 0.655. The Bertz CT molecular complexity index is 219. The lowest BCUT2D eigenvalue weighted by Gasteiger charge is -2.19. The van der Waals surface area contributed by atoms with Gasteiger partial charge in [0.05, 0.1) is 6.42 Å². The molecule has 0 unspecified atom stereocenters. The first-order valence-corrected chi connectivity index (χ1v) is 5.50. The minimum atomic E-state index is -0.706. The first-order valence-electron chi connectivity index (χ1n) is 5.50. The van der Waals surface area contributed by atoms with Crippen molar-refractivity contribution in [3.05, 3.63) is 12.7 Å². The Morgan fingerprint density at radius 1 is 1.27 bits per heavy atom. The van der Waals surface area contributed by atoms with E-state index in [9.17, 15) is 4.79 Å². The van der Waals surface area contributed by atoms with Crippen LogP contribution in [-0.4, -0.2) is 60.1 Å². The molecule has 1 fully saturated rings. The van der Waals surface area contributed by atoms with Crippen LogP contribution in [0.1, 0.15) is 12.8 Å². The maximum Gasteiger partial charge on any atom is 0.304 e. The van der Waals surface area contributed by atoms with Gasteiger partial charge < -0.3 is 10.0 Å². The fourth-order valence-electron chi connectivity index (χ4n) is 1.87. The van der Waals surface area contributed by atoms with E-state index < -0.39 is 5.97 Å². The highest BCUT2D eigenvalue weighted by molar-refractivity contribution is 5.66. The molecule has 1 aliphatic heterocycles. The standard InChI is InChI=1S/C11H20N2O2/c1-2-5-12-6-3-7-13(10-9-12)8-4-11(14)15/h2H,1,3-10H2,(H,14,15). The van der Waals surface area contributed by atoms with Crippen LogP contribution in [0.15, 0.2) is 12.7 Å². The van der Waals surface area contributed by atoms with Crippen molar-refractivity contribution in [1.29, 1.82) is 0 Å². The van der Waals surface area contributed by atoms with E-state index in [-0.39, 0.29) is 6.42 Å². The molecule has 4 nitrogen and oxygen atoms in total. The van der Waals surface area contributed by atoms with Crippen LogP contribution in [0.5, 0.6) is 0 Å². The topological polar surface area (TPSA) is 43.8 Å². The van der Waals surface area contributed by atoms with E-state index in [4.69, 9.17) is 5.11 Å². The first-order chi connectivity index (χ1) is 7.22. The van der Waals surface area contributed by atoms with Gasteiger partial charge in [0.15, 0.2) is 0 Å². The van der Waals surface area contributed by atoms with E-state index in [2.05, 4.69) is 16.4 Å². The highest BCUT2D eigenvalue weighted by Crippen LogP contribution is 2.03. The lowest BCUT2D eigenvalue weighted by molar-refractivity contribution is -0.137. The molecule has 0 amide bonds. The molecule has 0 bridgehead atoms. The molecule has 0 atom stereocenters. The Balaban J connectivity index is 2.25. The van der Waals surface area contributed by atoms with E-state index >= 15 is 0 Å². The molecule has 0 spiro atoms. The number of carboxylic acid groups (broad SMARTS) is 1. The van der Waals surface area contributed by atoms with Crippen molar-refractivity contribution in [2.24, 2.45) is 0 Å². The summed E-state index contributed by atoms with van der Waals surface area (Å²) < 4.78 is 0. The second-order valence-electron chi connectivity index (χ2n) is 3.93. The van der Waals surface area contributed by atoms with Crippen molar-refractivity contribution >= 4 is 5.97 Å². The van der Waals surface area contributed by atoms with Crippen molar-refractivity contribution in [3.8, 4) is 0 Å². The Kier molecular flexibility index (Phi) is 5.36. The van der Waals surface area contributed by atoms with Crippen molar-refractivity contribution in [2.75, 3.05) is 39.3 Å². The van der Waals surface area contributed by atoms with E-state index in [1.54, 1.807) is 0 Å². The summed E-state index contributed by atoms with van der Waals surface area (Å²) in [5, 5.41) is 8.60. The molecule has 0 aromatic heterocycles. The smallest absolute Gasteiger partial charge is 0.304 e. The summed E-state index contributed by atoms with van der Waals surface area (Å²) in [6, 6.07) is 0. The average molecular weight is 212 g/mol. The van der Waals surface area contributed by atoms with Gasteiger partial charge in [-0.15, -0.1) is 6.58 Å². The molecular formula is C11H20N2O2. The molecule has 0 aromatic rings. The monoisotopic (exact) mass is 212 g/mol. The largest absolute Gasteiger partial charge is 0.481 e. The second kappa shape index (κ2) is 6.58. The highest BCUT2D eigenvalue weighted by Gasteiger charge is 2.14. The van der Waals surface area contributed by atoms with Crippen LogP contribution in [-0.2, 0) is 4.79 Å². The fourth-order valence-corrected chi connectivity index (χ4v) is 1.87. The van der Waals surface area contributed by atoms with Crippen molar-refractivity contribution < 1.29 is 9.90 Å². The molecule has 1 heterocycles. The molecule has 0 aromatic carbocycles. The van der Waals surface area contributed by atoms with Gasteiger partial charge in [-0.3, -0.25) is 9.69 Å². The second-order valence-corrected chi connectivity index (χ2v) is 3.93. The molecule has 0 aliphatic carbocycles. The molecule has 0 radical (unpaired) electrons. The summed E-state index contributed by atoms with van der Waals surface area (Å²) in [4.78, 5) is 15.0. The Hall–Kier alpha value is -0.870. The molecule has 4 heteroatoms. The van der Waals surface area contributed by atoms with Crippen LogP contribution in [0, 0.1) is 0 Å². The van der Waals surface area contributed by atoms with Gasteiger partial charge in [0.1, 0.15) is 0 Å². The molecule has 1 rings (SSSR count). The Morgan fingerprint density at radius 2 is 1.93 bits per heavy atom. The van der Waals surface area contributed by atoms with Gasteiger partial charge in [-0.2, -0.15) is 0 Å². The fraction of sp³-hybridized carbons (Fsp3) is 0.727. The molecule has 86 valence electrons. The van der Waals surface area contributed by atoms with Gasteiger partial charge in [-0.25, -0.2) is 0 Å². The summed E-state index contributed by atoms with van der Waals surface area (Å²) in [6.07, 6.45) is 3.29. The zero-order valence-corrected chi connectivity index (χ0v) is 9.19. The van der Waals surface area contributed by atoms with Crippen LogP contribution in [0.4, 0.5) is 0 Å². The molecule has 0 saturated carbocycles. The van der Waals surface area contributed by atoms with Gasteiger partial charge in [-0.1, -0.05) is 6.08 Å². The third-order valence-electron chi connectivity index (χ3n) is 2.71.